The second-order valence-electron chi connectivity index (χ2n) is 7.07. The van der Waals surface area contributed by atoms with Gasteiger partial charge in [-0.25, -0.2) is 0 Å². The summed E-state index contributed by atoms with van der Waals surface area (Å²) in [5, 5.41) is 16.2. The van der Waals surface area contributed by atoms with E-state index >= 15 is 0 Å². The van der Waals surface area contributed by atoms with E-state index < -0.39 is 17.1 Å². The van der Waals surface area contributed by atoms with Gasteiger partial charge in [0.05, 0.1) is 0 Å². The minimum atomic E-state index is -4.67. The number of amides is 1. The number of halogens is 3. The molecule has 11 heteroatoms. The smallest absolute Gasteiger partial charge is 0.445 e. The first-order chi connectivity index (χ1) is 16.2. The van der Waals surface area contributed by atoms with Crippen molar-refractivity contribution in [2.45, 2.75) is 20.0 Å². The van der Waals surface area contributed by atoms with Crippen LogP contribution < -0.4 is 14.8 Å². The highest BCUT2D eigenvalue weighted by Gasteiger charge is 2.35. The third-order valence-electron chi connectivity index (χ3n) is 4.36. The van der Waals surface area contributed by atoms with Gasteiger partial charge < -0.3 is 9.47 Å². The SMILES string of the molecule is Cc1ccc(OCCOc2cccc(/C=C(/C#N)C(=O)Nc3nnc(C(F)(F)F)s3)c2)c(C)c1. The van der Waals surface area contributed by atoms with Gasteiger partial charge in [0.1, 0.15) is 36.4 Å². The Balaban J connectivity index is 1.59. The fourth-order valence-electron chi connectivity index (χ4n) is 2.83. The normalized spacial score (nSPS) is 11.6. The molecular formula is C23H19F3N4O3S. The molecule has 0 aliphatic rings. The second-order valence-corrected chi connectivity index (χ2v) is 8.05. The van der Waals surface area contributed by atoms with Crippen molar-refractivity contribution in [3.8, 4) is 17.6 Å². The number of alkyl halides is 3. The molecule has 1 aromatic heterocycles. The van der Waals surface area contributed by atoms with Crippen LogP contribution in [-0.2, 0) is 11.0 Å². The van der Waals surface area contributed by atoms with Gasteiger partial charge in [0.25, 0.3) is 5.91 Å². The Morgan fingerprint density at radius 3 is 2.59 bits per heavy atom. The standard InChI is InChI=1S/C23H19F3N4O3S/c1-14-6-7-19(15(2)10-14)33-9-8-32-18-5-3-4-16(12-18)11-17(13-27)20(31)28-22-30-29-21(34-22)23(24,25)26/h3-7,10-12H,8-9H2,1-2H3,(H,28,30,31)/b17-11-. The summed E-state index contributed by atoms with van der Waals surface area (Å²) in [6.45, 7) is 4.55. The second kappa shape index (κ2) is 10.8. The van der Waals surface area contributed by atoms with Gasteiger partial charge in [-0.05, 0) is 49.2 Å². The molecular weight excluding hydrogens is 469 g/mol. The van der Waals surface area contributed by atoms with Gasteiger partial charge in [0.2, 0.25) is 10.1 Å². The van der Waals surface area contributed by atoms with Crippen LogP contribution in [0.15, 0.2) is 48.0 Å². The van der Waals surface area contributed by atoms with Crippen LogP contribution in [0.25, 0.3) is 6.08 Å². The minimum absolute atomic E-state index is 0.168. The first-order valence-corrected chi connectivity index (χ1v) is 10.7. The topological polar surface area (TPSA) is 97.1 Å². The van der Waals surface area contributed by atoms with E-state index in [0.29, 0.717) is 17.9 Å². The van der Waals surface area contributed by atoms with Crippen molar-refractivity contribution in [2.75, 3.05) is 18.5 Å². The van der Waals surface area contributed by atoms with E-state index in [2.05, 4.69) is 15.5 Å². The number of anilines is 1. The van der Waals surface area contributed by atoms with Crippen molar-refractivity contribution >= 4 is 28.5 Å². The molecule has 3 aromatic rings. The Labute approximate surface area is 197 Å². The highest BCUT2D eigenvalue weighted by Crippen LogP contribution is 2.33. The number of benzene rings is 2. The summed E-state index contributed by atoms with van der Waals surface area (Å²) in [6.07, 6.45) is -3.38. The van der Waals surface area contributed by atoms with Crippen LogP contribution in [-0.4, -0.2) is 29.3 Å². The summed E-state index contributed by atoms with van der Waals surface area (Å²) in [5.41, 5.74) is 2.34. The molecule has 1 N–H and O–H groups in total. The van der Waals surface area contributed by atoms with Crippen LogP contribution >= 0.6 is 11.3 Å². The van der Waals surface area contributed by atoms with Gasteiger partial charge in [-0.2, -0.15) is 18.4 Å². The third-order valence-corrected chi connectivity index (χ3v) is 5.25. The van der Waals surface area contributed by atoms with E-state index in [1.54, 1.807) is 30.3 Å². The Bertz CT molecular complexity index is 1250. The lowest BCUT2D eigenvalue weighted by Gasteiger charge is -2.11. The molecule has 0 radical (unpaired) electrons. The van der Waals surface area contributed by atoms with Crippen LogP contribution in [0.4, 0.5) is 18.3 Å². The number of rotatable bonds is 8. The van der Waals surface area contributed by atoms with Crippen molar-refractivity contribution in [3.63, 3.8) is 0 Å². The fourth-order valence-corrected chi connectivity index (χ4v) is 3.44. The first kappa shape index (κ1) is 24.7. The monoisotopic (exact) mass is 488 g/mol. The van der Waals surface area contributed by atoms with E-state index in [9.17, 15) is 23.2 Å². The first-order valence-electron chi connectivity index (χ1n) is 9.92. The summed E-state index contributed by atoms with van der Waals surface area (Å²) in [6, 6.07) is 14.3. The molecule has 0 atom stereocenters. The summed E-state index contributed by atoms with van der Waals surface area (Å²) in [7, 11) is 0. The molecule has 176 valence electrons. The summed E-state index contributed by atoms with van der Waals surface area (Å²) >= 11 is 0.168. The van der Waals surface area contributed by atoms with Crippen LogP contribution in [0.3, 0.4) is 0 Å². The third kappa shape index (κ3) is 6.79. The van der Waals surface area contributed by atoms with Crippen molar-refractivity contribution in [3.05, 3.63) is 69.7 Å². The number of nitrogens with zero attached hydrogens (tertiary/aromatic N) is 3. The quantitative estimate of drug-likeness (QED) is 0.267. The van der Waals surface area contributed by atoms with Gasteiger partial charge in [-0.15, -0.1) is 10.2 Å². The fraction of sp³-hybridized carbons (Fsp3) is 0.217. The van der Waals surface area contributed by atoms with Gasteiger partial charge in [-0.1, -0.05) is 41.2 Å². The number of aromatic nitrogens is 2. The molecule has 0 saturated heterocycles. The zero-order valence-electron chi connectivity index (χ0n) is 18.1. The average molecular weight is 488 g/mol. The molecule has 0 saturated carbocycles. The number of carbonyl (C=O) groups excluding carboxylic acids is 1. The number of nitriles is 1. The molecule has 0 bridgehead atoms. The zero-order valence-corrected chi connectivity index (χ0v) is 19.0. The van der Waals surface area contributed by atoms with Gasteiger partial charge >= 0.3 is 6.18 Å². The van der Waals surface area contributed by atoms with Crippen molar-refractivity contribution < 1.29 is 27.4 Å². The summed E-state index contributed by atoms with van der Waals surface area (Å²) in [5.74, 6) is 0.364. The maximum Gasteiger partial charge on any atom is 0.445 e. The predicted octanol–water partition coefficient (Wildman–Crippen LogP) is 5.18. The lowest BCUT2D eigenvalue weighted by molar-refractivity contribution is -0.138. The van der Waals surface area contributed by atoms with Gasteiger partial charge in [-0.3, -0.25) is 10.1 Å². The number of carbonyl (C=O) groups is 1. The highest BCUT2D eigenvalue weighted by atomic mass is 32.1. The van der Waals surface area contributed by atoms with E-state index in [1.165, 1.54) is 6.08 Å². The lowest BCUT2D eigenvalue weighted by atomic mass is 10.1. The van der Waals surface area contributed by atoms with Crippen LogP contribution in [0.5, 0.6) is 11.5 Å². The molecule has 1 heterocycles. The van der Waals surface area contributed by atoms with Crippen LogP contribution in [0, 0.1) is 25.2 Å². The number of aryl methyl sites for hydroxylation is 2. The Morgan fingerprint density at radius 2 is 1.91 bits per heavy atom. The molecule has 0 aliphatic carbocycles. The van der Waals surface area contributed by atoms with Crippen LogP contribution in [0.2, 0.25) is 0 Å². The van der Waals surface area contributed by atoms with Gasteiger partial charge in [0.15, 0.2) is 0 Å². The maximum atomic E-state index is 12.6. The average Bonchev–Trinajstić information content (AvgIpc) is 3.25. The maximum absolute atomic E-state index is 12.6. The molecule has 0 spiro atoms. The number of ether oxygens (including phenoxy) is 2. The number of hydrogen-bond acceptors (Lipinski definition) is 7. The molecule has 7 nitrogen and oxygen atoms in total. The minimum Gasteiger partial charge on any atom is -0.490 e. The lowest BCUT2D eigenvalue weighted by Crippen LogP contribution is -2.13. The molecule has 3 rings (SSSR count). The molecule has 0 unspecified atom stereocenters. The van der Waals surface area contributed by atoms with E-state index in [4.69, 9.17) is 9.47 Å². The summed E-state index contributed by atoms with van der Waals surface area (Å²) < 4.78 is 49.3. The summed E-state index contributed by atoms with van der Waals surface area (Å²) in [4.78, 5) is 12.3. The molecule has 0 fully saturated rings. The zero-order chi connectivity index (χ0) is 24.7. The largest absolute Gasteiger partial charge is 0.490 e. The number of hydrogen-bond donors (Lipinski definition) is 1. The van der Waals surface area contributed by atoms with Crippen molar-refractivity contribution in [1.29, 1.82) is 5.26 Å². The van der Waals surface area contributed by atoms with Crippen molar-refractivity contribution in [2.24, 2.45) is 0 Å². The molecule has 2 aromatic carbocycles. The molecule has 1 amide bonds. The Kier molecular flexibility index (Phi) is 7.86. The Hall–Kier alpha value is -3.91. The predicted molar refractivity (Wildman–Crippen MR) is 120 cm³/mol. The molecule has 0 aliphatic heterocycles. The number of nitrogens with one attached hydrogen (secondary N) is 1. The van der Waals surface area contributed by atoms with E-state index in [-0.39, 0.29) is 28.6 Å². The van der Waals surface area contributed by atoms with Crippen molar-refractivity contribution in [1.82, 2.24) is 10.2 Å². The molecule has 34 heavy (non-hydrogen) atoms. The van der Waals surface area contributed by atoms with Gasteiger partial charge in [0, 0.05) is 0 Å². The van der Waals surface area contributed by atoms with E-state index in [1.807, 2.05) is 32.0 Å². The highest BCUT2D eigenvalue weighted by molar-refractivity contribution is 7.15. The van der Waals surface area contributed by atoms with E-state index in [0.717, 1.165) is 16.9 Å². The Morgan fingerprint density at radius 1 is 1.15 bits per heavy atom. The van der Waals surface area contributed by atoms with Crippen LogP contribution in [0.1, 0.15) is 21.7 Å².